The van der Waals surface area contributed by atoms with Crippen LogP contribution in [0.3, 0.4) is 0 Å². The van der Waals surface area contributed by atoms with Gasteiger partial charge in [0.25, 0.3) is 0 Å². The highest BCUT2D eigenvalue weighted by Crippen LogP contribution is 2.29. The van der Waals surface area contributed by atoms with Crippen molar-refractivity contribution in [1.29, 1.82) is 0 Å². The van der Waals surface area contributed by atoms with E-state index in [2.05, 4.69) is 15.9 Å². The molecule has 17 heavy (non-hydrogen) atoms. The third-order valence-electron chi connectivity index (χ3n) is 2.29. The van der Waals surface area contributed by atoms with Crippen LogP contribution in [0, 0.1) is 0 Å². The molecule has 1 heterocycles. The third-order valence-corrected chi connectivity index (χ3v) is 3.53. The number of ether oxygens (including phenoxy) is 1. The Morgan fingerprint density at radius 3 is 2.94 bits per heavy atom. The van der Waals surface area contributed by atoms with E-state index in [9.17, 15) is 4.79 Å². The first kappa shape index (κ1) is 12.3. The van der Waals surface area contributed by atoms with E-state index in [4.69, 9.17) is 4.74 Å². The van der Waals surface area contributed by atoms with Crippen molar-refractivity contribution in [2.24, 2.45) is 0 Å². The molecule has 0 saturated heterocycles. The number of rotatable bonds is 3. The Morgan fingerprint density at radius 2 is 2.24 bits per heavy atom. The van der Waals surface area contributed by atoms with Gasteiger partial charge >= 0.3 is 5.97 Å². The van der Waals surface area contributed by atoms with Crippen LogP contribution in [-0.4, -0.2) is 12.6 Å². The van der Waals surface area contributed by atoms with Gasteiger partial charge in [-0.1, -0.05) is 28.1 Å². The summed E-state index contributed by atoms with van der Waals surface area (Å²) in [4.78, 5) is 11.8. The summed E-state index contributed by atoms with van der Waals surface area (Å²) >= 11 is 4.93. The minimum Gasteiger partial charge on any atom is -0.462 e. The zero-order valence-corrected chi connectivity index (χ0v) is 11.7. The molecule has 0 unspecified atom stereocenters. The Morgan fingerprint density at radius 1 is 1.41 bits per heavy atom. The third kappa shape index (κ3) is 2.76. The van der Waals surface area contributed by atoms with Gasteiger partial charge in [0.2, 0.25) is 0 Å². The van der Waals surface area contributed by atoms with Crippen LogP contribution < -0.4 is 0 Å². The number of halogens is 1. The van der Waals surface area contributed by atoms with Gasteiger partial charge < -0.3 is 4.74 Å². The van der Waals surface area contributed by atoms with Crippen molar-refractivity contribution in [3.05, 3.63) is 45.1 Å². The van der Waals surface area contributed by atoms with E-state index in [1.54, 1.807) is 0 Å². The van der Waals surface area contributed by atoms with Crippen LogP contribution in [0.5, 0.6) is 0 Å². The quantitative estimate of drug-likeness (QED) is 0.788. The topological polar surface area (TPSA) is 26.3 Å². The Kier molecular flexibility index (Phi) is 3.97. The molecular formula is C13H11BrO2S. The molecule has 0 bridgehead atoms. The number of benzene rings is 1. The molecule has 0 radical (unpaired) electrons. The number of hydrogen-bond donors (Lipinski definition) is 0. The zero-order chi connectivity index (χ0) is 12.3. The van der Waals surface area contributed by atoms with Crippen molar-refractivity contribution >= 4 is 33.2 Å². The number of carbonyl (C=O) groups is 1. The Labute approximate surface area is 112 Å². The maximum absolute atomic E-state index is 11.8. The van der Waals surface area contributed by atoms with Crippen LogP contribution in [0.15, 0.2) is 39.5 Å². The van der Waals surface area contributed by atoms with Gasteiger partial charge in [-0.3, -0.25) is 0 Å². The highest BCUT2D eigenvalue weighted by Gasteiger charge is 2.14. The molecule has 1 aromatic carbocycles. The van der Waals surface area contributed by atoms with E-state index in [0.29, 0.717) is 12.2 Å². The van der Waals surface area contributed by atoms with Crippen LogP contribution in [0.1, 0.15) is 17.3 Å². The van der Waals surface area contributed by atoms with Crippen molar-refractivity contribution in [3.8, 4) is 11.1 Å². The summed E-state index contributed by atoms with van der Waals surface area (Å²) in [7, 11) is 0. The average Bonchev–Trinajstić information content (AvgIpc) is 2.78. The van der Waals surface area contributed by atoms with Crippen LogP contribution in [0.2, 0.25) is 0 Å². The smallest absolute Gasteiger partial charge is 0.339 e. The normalized spacial score (nSPS) is 10.2. The lowest BCUT2D eigenvalue weighted by atomic mass is 10.1. The van der Waals surface area contributed by atoms with Gasteiger partial charge in [0.15, 0.2) is 0 Å². The predicted octanol–water partition coefficient (Wildman–Crippen LogP) is 4.35. The highest BCUT2D eigenvalue weighted by molar-refractivity contribution is 9.10. The molecule has 0 saturated carbocycles. The van der Waals surface area contributed by atoms with Gasteiger partial charge in [-0.15, -0.1) is 0 Å². The summed E-state index contributed by atoms with van der Waals surface area (Å²) < 4.78 is 6.03. The molecule has 0 spiro atoms. The van der Waals surface area contributed by atoms with Crippen LogP contribution in [0.25, 0.3) is 11.1 Å². The fourth-order valence-corrected chi connectivity index (χ4v) is 2.77. The van der Waals surface area contributed by atoms with E-state index in [1.165, 1.54) is 11.3 Å². The number of esters is 1. The second-order valence-corrected chi connectivity index (χ2v) is 5.09. The zero-order valence-electron chi connectivity index (χ0n) is 9.27. The van der Waals surface area contributed by atoms with Gasteiger partial charge in [-0.25, -0.2) is 4.79 Å². The molecule has 0 aliphatic rings. The SMILES string of the molecule is CCOC(=O)c1cscc1-c1cccc(Br)c1. The summed E-state index contributed by atoms with van der Waals surface area (Å²) in [5, 5.41) is 3.79. The first-order valence-corrected chi connectivity index (χ1v) is 6.95. The van der Waals surface area contributed by atoms with Crippen molar-refractivity contribution in [2.45, 2.75) is 6.92 Å². The molecule has 0 N–H and O–H groups in total. The molecule has 2 aromatic rings. The lowest BCUT2D eigenvalue weighted by Gasteiger charge is -2.04. The minimum absolute atomic E-state index is 0.260. The largest absolute Gasteiger partial charge is 0.462 e. The molecule has 0 aliphatic heterocycles. The van der Waals surface area contributed by atoms with Crippen molar-refractivity contribution < 1.29 is 9.53 Å². The molecule has 2 rings (SSSR count). The van der Waals surface area contributed by atoms with Crippen molar-refractivity contribution in [3.63, 3.8) is 0 Å². The predicted molar refractivity (Wildman–Crippen MR) is 73.4 cm³/mol. The van der Waals surface area contributed by atoms with E-state index in [1.807, 2.05) is 41.9 Å². The molecule has 4 heteroatoms. The molecule has 1 aromatic heterocycles. The maximum Gasteiger partial charge on any atom is 0.339 e. The van der Waals surface area contributed by atoms with Crippen molar-refractivity contribution in [2.75, 3.05) is 6.61 Å². The molecular weight excluding hydrogens is 300 g/mol. The fraction of sp³-hybridized carbons (Fsp3) is 0.154. The number of thiophene rings is 1. The lowest BCUT2D eigenvalue weighted by molar-refractivity contribution is 0.0528. The summed E-state index contributed by atoms with van der Waals surface area (Å²) in [5.74, 6) is -0.260. The van der Waals surface area contributed by atoms with E-state index in [-0.39, 0.29) is 5.97 Å². The summed E-state index contributed by atoms with van der Waals surface area (Å²) in [6.07, 6.45) is 0. The monoisotopic (exact) mass is 310 g/mol. The van der Waals surface area contributed by atoms with E-state index in [0.717, 1.165) is 15.6 Å². The number of hydrogen-bond acceptors (Lipinski definition) is 3. The lowest BCUT2D eigenvalue weighted by Crippen LogP contribution is -2.04. The molecule has 2 nitrogen and oxygen atoms in total. The molecule has 0 fully saturated rings. The Hall–Kier alpha value is -1.13. The van der Waals surface area contributed by atoms with E-state index >= 15 is 0 Å². The van der Waals surface area contributed by atoms with Crippen LogP contribution in [0.4, 0.5) is 0 Å². The van der Waals surface area contributed by atoms with Crippen LogP contribution >= 0.6 is 27.3 Å². The minimum atomic E-state index is -0.260. The van der Waals surface area contributed by atoms with Gasteiger partial charge in [-0.05, 0) is 30.0 Å². The Balaban J connectivity index is 2.40. The molecule has 0 atom stereocenters. The molecule has 0 aliphatic carbocycles. The first-order valence-electron chi connectivity index (χ1n) is 5.21. The average molecular weight is 311 g/mol. The Bertz CT molecular complexity index is 534. The summed E-state index contributed by atoms with van der Waals surface area (Å²) in [6, 6.07) is 7.88. The van der Waals surface area contributed by atoms with Crippen LogP contribution in [-0.2, 0) is 4.74 Å². The van der Waals surface area contributed by atoms with Gasteiger partial charge in [0.1, 0.15) is 0 Å². The summed E-state index contributed by atoms with van der Waals surface area (Å²) in [6.45, 7) is 2.20. The molecule has 0 amide bonds. The highest BCUT2D eigenvalue weighted by atomic mass is 79.9. The van der Waals surface area contributed by atoms with Gasteiger partial charge in [0.05, 0.1) is 12.2 Å². The standard InChI is InChI=1S/C13H11BrO2S/c1-2-16-13(15)12-8-17-7-11(12)9-4-3-5-10(14)6-9/h3-8H,2H2,1H3. The second-order valence-electron chi connectivity index (χ2n) is 3.43. The molecule has 88 valence electrons. The van der Waals surface area contributed by atoms with Gasteiger partial charge in [0, 0.05) is 15.4 Å². The maximum atomic E-state index is 11.8. The van der Waals surface area contributed by atoms with E-state index < -0.39 is 0 Å². The second kappa shape index (κ2) is 5.47. The summed E-state index contributed by atoms with van der Waals surface area (Å²) in [5.41, 5.74) is 2.58. The number of carbonyl (C=O) groups excluding carboxylic acids is 1. The van der Waals surface area contributed by atoms with Crippen molar-refractivity contribution in [1.82, 2.24) is 0 Å². The first-order chi connectivity index (χ1) is 8.22. The van der Waals surface area contributed by atoms with Gasteiger partial charge in [-0.2, -0.15) is 11.3 Å². The fourth-order valence-electron chi connectivity index (χ4n) is 1.54.